The van der Waals surface area contributed by atoms with Gasteiger partial charge in [0.25, 0.3) is 0 Å². The Morgan fingerprint density at radius 2 is 2.16 bits per heavy atom. The van der Waals surface area contributed by atoms with Crippen molar-refractivity contribution in [2.75, 3.05) is 46.3 Å². The first-order valence-corrected chi connectivity index (χ1v) is 10.3. The number of aliphatic imine (C=N–C) groups is 1. The summed E-state index contributed by atoms with van der Waals surface area (Å²) in [6.07, 6.45) is 5.24. The number of rotatable bonds is 6. The van der Waals surface area contributed by atoms with Crippen LogP contribution < -0.4 is 5.32 Å². The largest absolute Gasteiger partial charge is 0.356 e. The number of nitrogens with zero attached hydrogens (tertiary/aromatic N) is 3. The fourth-order valence-electron chi connectivity index (χ4n) is 3.95. The van der Waals surface area contributed by atoms with Crippen molar-refractivity contribution >= 4 is 41.3 Å². The van der Waals surface area contributed by atoms with E-state index in [9.17, 15) is 0 Å². The molecule has 0 spiro atoms. The van der Waals surface area contributed by atoms with Gasteiger partial charge in [-0.25, -0.2) is 0 Å². The molecule has 142 valence electrons. The van der Waals surface area contributed by atoms with Crippen LogP contribution in [0.25, 0.3) is 0 Å². The maximum absolute atomic E-state index is 4.53. The third kappa shape index (κ3) is 6.40. The summed E-state index contributed by atoms with van der Waals surface area (Å²) in [5.41, 5.74) is 0. The Labute approximate surface area is 174 Å². The number of hydrogen-bond donors (Lipinski definition) is 1. The molecule has 2 saturated heterocycles. The van der Waals surface area contributed by atoms with Gasteiger partial charge in [-0.15, -0.1) is 35.3 Å². The Morgan fingerprint density at radius 3 is 2.84 bits per heavy atom. The highest BCUT2D eigenvalue weighted by molar-refractivity contribution is 14.0. The maximum atomic E-state index is 4.53. The van der Waals surface area contributed by atoms with Crippen LogP contribution in [-0.2, 0) is 6.42 Å². The van der Waals surface area contributed by atoms with E-state index in [1.165, 1.54) is 43.8 Å². The SMILES string of the molecule is CN=C(NCC(C)Cc1cccs1)N1CCC(CN2CCCC2)C1.I. The molecule has 2 atom stereocenters. The van der Waals surface area contributed by atoms with E-state index in [-0.39, 0.29) is 24.0 Å². The highest BCUT2D eigenvalue weighted by Crippen LogP contribution is 2.20. The molecular formula is C19H33IN4S. The predicted molar refractivity (Wildman–Crippen MR) is 119 cm³/mol. The van der Waals surface area contributed by atoms with Crippen LogP contribution in [0.2, 0.25) is 0 Å². The van der Waals surface area contributed by atoms with Gasteiger partial charge in [0.15, 0.2) is 5.96 Å². The third-order valence-electron chi connectivity index (χ3n) is 5.25. The minimum absolute atomic E-state index is 0. The second-order valence-electron chi connectivity index (χ2n) is 7.43. The van der Waals surface area contributed by atoms with E-state index < -0.39 is 0 Å². The van der Waals surface area contributed by atoms with Gasteiger partial charge in [-0.2, -0.15) is 0 Å². The monoisotopic (exact) mass is 476 g/mol. The molecular weight excluding hydrogens is 443 g/mol. The fraction of sp³-hybridized carbons (Fsp3) is 0.737. The zero-order chi connectivity index (χ0) is 16.8. The van der Waals surface area contributed by atoms with E-state index >= 15 is 0 Å². The van der Waals surface area contributed by atoms with Gasteiger partial charge in [0, 0.05) is 38.1 Å². The molecule has 1 aromatic heterocycles. The average Bonchev–Trinajstić information content (AvgIpc) is 3.31. The van der Waals surface area contributed by atoms with Gasteiger partial charge in [-0.1, -0.05) is 13.0 Å². The van der Waals surface area contributed by atoms with Crippen molar-refractivity contribution in [2.24, 2.45) is 16.8 Å². The van der Waals surface area contributed by atoms with Crippen LogP contribution in [0.5, 0.6) is 0 Å². The summed E-state index contributed by atoms with van der Waals surface area (Å²) in [5, 5.41) is 5.77. The number of hydrogen-bond acceptors (Lipinski definition) is 3. The van der Waals surface area contributed by atoms with Gasteiger partial charge < -0.3 is 15.1 Å². The molecule has 0 radical (unpaired) electrons. The Kier molecular flexibility index (Phi) is 8.99. The first-order valence-electron chi connectivity index (χ1n) is 9.45. The van der Waals surface area contributed by atoms with Gasteiger partial charge in [0.1, 0.15) is 0 Å². The predicted octanol–water partition coefficient (Wildman–Crippen LogP) is 3.54. The second-order valence-corrected chi connectivity index (χ2v) is 8.46. The van der Waals surface area contributed by atoms with E-state index in [2.05, 4.69) is 44.5 Å². The highest BCUT2D eigenvalue weighted by Gasteiger charge is 2.27. The number of guanidine groups is 1. The maximum Gasteiger partial charge on any atom is 0.193 e. The van der Waals surface area contributed by atoms with E-state index in [0.717, 1.165) is 37.9 Å². The Hall–Kier alpha value is -0.340. The summed E-state index contributed by atoms with van der Waals surface area (Å²) < 4.78 is 0. The smallest absolute Gasteiger partial charge is 0.193 e. The molecule has 2 aliphatic rings. The average molecular weight is 476 g/mol. The molecule has 2 fully saturated rings. The molecule has 0 amide bonds. The Balaban J connectivity index is 0.00000225. The van der Waals surface area contributed by atoms with E-state index in [1.54, 1.807) is 0 Å². The van der Waals surface area contributed by atoms with Crippen LogP contribution in [0.4, 0.5) is 0 Å². The highest BCUT2D eigenvalue weighted by atomic mass is 127. The van der Waals surface area contributed by atoms with Crippen molar-refractivity contribution in [3.63, 3.8) is 0 Å². The normalized spacial score (nSPS) is 22.9. The lowest BCUT2D eigenvalue weighted by molar-refractivity contribution is 0.281. The van der Waals surface area contributed by atoms with Crippen molar-refractivity contribution in [3.8, 4) is 0 Å². The molecule has 1 aromatic rings. The van der Waals surface area contributed by atoms with E-state index in [0.29, 0.717) is 5.92 Å². The van der Waals surface area contributed by atoms with Crippen molar-refractivity contribution in [1.29, 1.82) is 0 Å². The minimum Gasteiger partial charge on any atom is -0.356 e. The minimum atomic E-state index is 0. The fourth-order valence-corrected chi connectivity index (χ4v) is 4.82. The summed E-state index contributed by atoms with van der Waals surface area (Å²) in [4.78, 5) is 11.1. The summed E-state index contributed by atoms with van der Waals surface area (Å²) in [6.45, 7) is 9.53. The molecule has 2 unspecified atom stereocenters. The first-order chi connectivity index (χ1) is 11.7. The zero-order valence-electron chi connectivity index (χ0n) is 15.6. The Morgan fingerprint density at radius 1 is 1.36 bits per heavy atom. The van der Waals surface area contributed by atoms with Crippen molar-refractivity contribution in [1.82, 2.24) is 15.1 Å². The lowest BCUT2D eigenvalue weighted by Crippen LogP contribution is -2.42. The third-order valence-corrected chi connectivity index (χ3v) is 6.15. The van der Waals surface area contributed by atoms with Crippen molar-refractivity contribution < 1.29 is 0 Å². The molecule has 4 nitrogen and oxygen atoms in total. The molecule has 2 aliphatic heterocycles. The van der Waals surface area contributed by atoms with Crippen LogP contribution in [0.3, 0.4) is 0 Å². The van der Waals surface area contributed by atoms with Crippen molar-refractivity contribution in [3.05, 3.63) is 22.4 Å². The zero-order valence-corrected chi connectivity index (χ0v) is 18.8. The molecule has 0 aromatic carbocycles. The molecule has 3 rings (SSSR count). The molecule has 0 aliphatic carbocycles. The van der Waals surface area contributed by atoms with Gasteiger partial charge >= 0.3 is 0 Å². The van der Waals surface area contributed by atoms with Crippen LogP contribution in [0.15, 0.2) is 22.5 Å². The van der Waals surface area contributed by atoms with Gasteiger partial charge in [0.05, 0.1) is 0 Å². The second kappa shape index (κ2) is 10.7. The number of thiophene rings is 1. The van der Waals surface area contributed by atoms with Crippen LogP contribution in [0, 0.1) is 11.8 Å². The Bertz CT molecular complexity index is 514. The number of nitrogens with one attached hydrogen (secondary N) is 1. The molecule has 6 heteroatoms. The van der Waals surface area contributed by atoms with Gasteiger partial charge in [-0.05, 0) is 62.1 Å². The van der Waals surface area contributed by atoms with Crippen molar-refractivity contribution in [2.45, 2.75) is 32.6 Å². The van der Waals surface area contributed by atoms with Crippen LogP contribution in [-0.4, -0.2) is 62.1 Å². The van der Waals surface area contributed by atoms with Crippen LogP contribution >= 0.6 is 35.3 Å². The van der Waals surface area contributed by atoms with Gasteiger partial charge in [-0.3, -0.25) is 4.99 Å². The van der Waals surface area contributed by atoms with E-state index in [4.69, 9.17) is 0 Å². The summed E-state index contributed by atoms with van der Waals surface area (Å²) in [6, 6.07) is 4.38. The molecule has 1 N–H and O–H groups in total. The summed E-state index contributed by atoms with van der Waals surface area (Å²) >= 11 is 1.86. The van der Waals surface area contributed by atoms with Gasteiger partial charge in [0.2, 0.25) is 0 Å². The summed E-state index contributed by atoms with van der Waals surface area (Å²) in [5.74, 6) is 2.53. The van der Waals surface area contributed by atoms with Crippen LogP contribution in [0.1, 0.15) is 31.1 Å². The molecule has 0 bridgehead atoms. The van der Waals surface area contributed by atoms with E-state index in [1.807, 2.05) is 18.4 Å². The lowest BCUT2D eigenvalue weighted by Gasteiger charge is -2.24. The first kappa shape index (κ1) is 21.0. The molecule has 0 saturated carbocycles. The number of halogens is 1. The molecule has 3 heterocycles. The quantitative estimate of drug-likeness (QED) is 0.387. The standard InChI is InChI=1S/C19H32N4S.HI/c1-16(12-18-6-5-11-24-18)13-21-19(20-2)23-10-7-17(15-23)14-22-8-3-4-9-22;/h5-6,11,16-17H,3-4,7-10,12-15H2,1-2H3,(H,20,21);1H. The lowest BCUT2D eigenvalue weighted by atomic mass is 10.1. The number of likely N-dealkylation sites (tertiary alicyclic amines) is 2. The summed E-state index contributed by atoms with van der Waals surface area (Å²) in [7, 11) is 1.92. The topological polar surface area (TPSA) is 30.9 Å². The molecule has 25 heavy (non-hydrogen) atoms.